The SMILES string of the molecule is CCCNCc1cc(C)nc(N(C)c2ccc(F)cc2)c1. The van der Waals surface area contributed by atoms with Gasteiger partial charge in [-0.25, -0.2) is 9.37 Å². The Labute approximate surface area is 125 Å². The van der Waals surface area contributed by atoms with Crippen molar-refractivity contribution in [3.63, 3.8) is 0 Å². The van der Waals surface area contributed by atoms with Crippen molar-refractivity contribution >= 4 is 11.5 Å². The van der Waals surface area contributed by atoms with Crippen molar-refractivity contribution in [3.05, 3.63) is 53.5 Å². The predicted molar refractivity (Wildman–Crippen MR) is 85.4 cm³/mol. The normalized spacial score (nSPS) is 10.7. The highest BCUT2D eigenvalue weighted by Gasteiger charge is 2.08. The van der Waals surface area contributed by atoms with Crippen molar-refractivity contribution in [3.8, 4) is 0 Å². The molecule has 0 aliphatic rings. The second kappa shape index (κ2) is 7.18. The fraction of sp³-hybridized carbons (Fsp3) is 0.353. The highest BCUT2D eigenvalue weighted by Crippen LogP contribution is 2.23. The zero-order valence-electron chi connectivity index (χ0n) is 12.9. The van der Waals surface area contributed by atoms with Crippen molar-refractivity contribution in [1.29, 1.82) is 0 Å². The molecule has 0 aliphatic heterocycles. The highest BCUT2D eigenvalue weighted by atomic mass is 19.1. The summed E-state index contributed by atoms with van der Waals surface area (Å²) in [6.07, 6.45) is 1.12. The van der Waals surface area contributed by atoms with Gasteiger partial charge >= 0.3 is 0 Å². The van der Waals surface area contributed by atoms with Crippen molar-refractivity contribution in [2.75, 3.05) is 18.5 Å². The van der Waals surface area contributed by atoms with Crippen LogP contribution in [0.15, 0.2) is 36.4 Å². The first-order valence-electron chi connectivity index (χ1n) is 7.27. The van der Waals surface area contributed by atoms with Gasteiger partial charge in [-0.15, -0.1) is 0 Å². The number of halogens is 1. The predicted octanol–water partition coefficient (Wildman–Crippen LogP) is 3.80. The van der Waals surface area contributed by atoms with Crippen LogP contribution in [0.25, 0.3) is 0 Å². The Morgan fingerprint density at radius 2 is 1.90 bits per heavy atom. The second-order valence-electron chi connectivity index (χ2n) is 5.19. The Bertz CT molecular complexity index is 581. The van der Waals surface area contributed by atoms with E-state index in [4.69, 9.17) is 0 Å². The zero-order chi connectivity index (χ0) is 15.2. The summed E-state index contributed by atoms with van der Waals surface area (Å²) in [5.74, 6) is 0.642. The lowest BCUT2D eigenvalue weighted by atomic mass is 10.2. The standard InChI is InChI=1S/C17H22FN3/c1-4-9-19-12-14-10-13(2)20-17(11-14)21(3)16-7-5-15(18)6-8-16/h5-8,10-11,19H,4,9,12H2,1-3H3. The minimum absolute atomic E-state index is 0.228. The molecule has 0 fully saturated rings. The van der Waals surface area contributed by atoms with Gasteiger partial charge in [0.15, 0.2) is 0 Å². The van der Waals surface area contributed by atoms with E-state index in [1.54, 1.807) is 12.1 Å². The van der Waals surface area contributed by atoms with Crippen molar-refractivity contribution in [1.82, 2.24) is 10.3 Å². The van der Waals surface area contributed by atoms with Crippen LogP contribution in [0.3, 0.4) is 0 Å². The maximum absolute atomic E-state index is 13.0. The number of benzene rings is 1. The molecule has 2 aromatic rings. The maximum Gasteiger partial charge on any atom is 0.133 e. The van der Waals surface area contributed by atoms with Gasteiger partial charge in [0.05, 0.1) is 0 Å². The van der Waals surface area contributed by atoms with E-state index in [0.717, 1.165) is 36.7 Å². The molecule has 0 radical (unpaired) electrons. The van der Waals surface area contributed by atoms with Crippen molar-refractivity contribution < 1.29 is 4.39 Å². The topological polar surface area (TPSA) is 28.2 Å². The number of hydrogen-bond acceptors (Lipinski definition) is 3. The van der Waals surface area contributed by atoms with E-state index in [2.05, 4.69) is 29.4 Å². The molecule has 2 rings (SSSR count). The first kappa shape index (κ1) is 15.4. The van der Waals surface area contributed by atoms with Crippen LogP contribution in [0, 0.1) is 12.7 Å². The van der Waals surface area contributed by atoms with Crippen LogP contribution in [0.1, 0.15) is 24.6 Å². The number of pyridine rings is 1. The largest absolute Gasteiger partial charge is 0.329 e. The Kier molecular flexibility index (Phi) is 5.28. The summed E-state index contributed by atoms with van der Waals surface area (Å²) in [6.45, 7) is 5.98. The van der Waals surface area contributed by atoms with Gasteiger partial charge in [-0.2, -0.15) is 0 Å². The molecule has 0 spiro atoms. The van der Waals surface area contributed by atoms with E-state index in [0.29, 0.717) is 0 Å². The molecule has 3 nitrogen and oxygen atoms in total. The van der Waals surface area contributed by atoms with E-state index in [9.17, 15) is 4.39 Å². The molecular weight excluding hydrogens is 265 g/mol. The summed E-state index contributed by atoms with van der Waals surface area (Å²) >= 11 is 0. The lowest BCUT2D eigenvalue weighted by Crippen LogP contribution is -2.16. The number of aromatic nitrogens is 1. The number of hydrogen-bond donors (Lipinski definition) is 1. The van der Waals surface area contributed by atoms with Gasteiger partial charge in [0.2, 0.25) is 0 Å². The maximum atomic E-state index is 13.0. The molecule has 1 aromatic heterocycles. The van der Waals surface area contributed by atoms with E-state index >= 15 is 0 Å². The van der Waals surface area contributed by atoms with Crippen LogP contribution < -0.4 is 10.2 Å². The zero-order valence-corrected chi connectivity index (χ0v) is 12.9. The Morgan fingerprint density at radius 3 is 2.57 bits per heavy atom. The number of anilines is 2. The van der Waals surface area contributed by atoms with E-state index in [1.165, 1.54) is 17.7 Å². The number of nitrogens with one attached hydrogen (secondary N) is 1. The quantitative estimate of drug-likeness (QED) is 0.819. The summed E-state index contributed by atoms with van der Waals surface area (Å²) in [5.41, 5.74) is 3.11. The Hall–Kier alpha value is -1.94. The average Bonchev–Trinajstić information content (AvgIpc) is 2.47. The summed E-state index contributed by atoms with van der Waals surface area (Å²) < 4.78 is 13.0. The molecule has 21 heavy (non-hydrogen) atoms. The number of rotatable bonds is 6. The van der Waals surface area contributed by atoms with Crippen molar-refractivity contribution in [2.24, 2.45) is 0 Å². The van der Waals surface area contributed by atoms with Crippen LogP contribution in [0.4, 0.5) is 15.9 Å². The van der Waals surface area contributed by atoms with Gasteiger partial charge in [0, 0.05) is 25.0 Å². The second-order valence-corrected chi connectivity index (χ2v) is 5.19. The first-order valence-corrected chi connectivity index (χ1v) is 7.27. The van der Waals surface area contributed by atoms with Crippen LogP contribution in [-0.2, 0) is 6.54 Å². The Balaban J connectivity index is 2.20. The molecule has 0 unspecified atom stereocenters. The van der Waals surface area contributed by atoms with Gasteiger partial charge < -0.3 is 10.2 Å². The van der Waals surface area contributed by atoms with Crippen LogP contribution >= 0.6 is 0 Å². The minimum Gasteiger partial charge on any atom is -0.329 e. The summed E-state index contributed by atoms with van der Waals surface area (Å²) in [7, 11) is 1.94. The fourth-order valence-electron chi connectivity index (χ4n) is 2.20. The molecule has 0 amide bonds. The van der Waals surface area contributed by atoms with Crippen molar-refractivity contribution in [2.45, 2.75) is 26.8 Å². The summed E-state index contributed by atoms with van der Waals surface area (Å²) in [5, 5.41) is 3.40. The molecular formula is C17H22FN3. The molecule has 4 heteroatoms. The third-order valence-electron chi connectivity index (χ3n) is 3.31. The molecule has 0 saturated carbocycles. The van der Waals surface area contributed by atoms with Gasteiger partial charge in [0.1, 0.15) is 11.6 Å². The van der Waals surface area contributed by atoms with Crippen LogP contribution in [0.5, 0.6) is 0 Å². The molecule has 0 bridgehead atoms. The molecule has 0 aliphatic carbocycles. The molecule has 112 valence electrons. The van der Waals surface area contributed by atoms with Gasteiger partial charge in [-0.1, -0.05) is 6.92 Å². The molecule has 1 aromatic carbocycles. The van der Waals surface area contributed by atoms with Crippen LogP contribution in [-0.4, -0.2) is 18.6 Å². The fourth-order valence-corrected chi connectivity index (χ4v) is 2.20. The lowest BCUT2D eigenvalue weighted by molar-refractivity contribution is 0.628. The van der Waals surface area contributed by atoms with E-state index < -0.39 is 0 Å². The summed E-state index contributed by atoms with van der Waals surface area (Å²) in [6, 6.07) is 10.6. The van der Waals surface area contributed by atoms with E-state index in [-0.39, 0.29) is 5.82 Å². The minimum atomic E-state index is -0.228. The summed E-state index contributed by atoms with van der Waals surface area (Å²) in [4.78, 5) is 6.53. The third kappa shape index (κ3) is 4.26. The average molecular weight is 287 g/mol. The molecule has 0 saturated heterocycles. The molecule has 1 heterocycles. The van der Waals surface area contributed by atoms with Gasteiger partial charge in [-0.05, 0) is 61.9 Å². The lowest BCUT2D eigenvalue weighted by Gasteiger charge is -2.20. The van der Waals surface area contributed by atoms with Crippen LogP contribution in [0.2, 0.25) is 0 Å². The van der Waals surface area contributed by atoms with E-state index in [1.807, 2.05) is 18.9 Å². The third-order valence-corrected chi connectivity index (χ3v) is 3.31. The highest BCUT2D eigenvalue weighted by molar-refractivity contribution is 5.59. The smallest absolute Gasteiger partial charge is 0.133 e. The van der Waals surface area contributed by atoms with Gasteiger partial charge in [0.25, 0.3) is 0 Å². The monoisotopic (exact) mass is 287 g/mol. The molecule has 1 N–H and O–H groups in total. The number of aryl methyl sites for hydroxylation is 1. The first-order chi connectivity index (χ1) is 10.1. The van der Waals surface area contributed by atoms with Gasteiger partial charge in [-0.3, -0.25) is 0 Å². The molecule has 0 atom stereocenters. The Morgan fingerprint density at radius 1 is 1.19 bits per heavy atom. The number of nitrogens with zero attached hydrogens (tertiary/aromatic N) is 2.